The topological polar surface area (TPSA) is 41.9 Å². The van der Waals surface area contributed by atoms with Gasteiger partial charge < -0.3 is 14.6 Å². The lowest BCUT2D eigenvalue weighted by Crippen LogP contribution is -2.42. The molecule has 2 rings (SSSR count). The molecule has 4 nitrogen and oxygen atoms in total. The summed E-state index contributed by atoms with van der Waals surface area (Å²) in [4.78, 5) is 2.19. The minimum atomic E-state index is -0.492. The first-order valence-electron chi connectivity index (χ1n) is 6.21. The highest BCUT2D eigenvalue weighted by Crippen LogP contribution is 2.28. The summed E-state index contributed by atoms with van der Waals surface area (Å²) in [6.45, 7) is 4.14. The van der Waals surface area contributed by atoms with E-state index in [1.54, 1.807) is 0 Å². The number of hydrogen-bond acceptors (Lipinski definition) is 4. The smallest absolute Gasteiger partial charge is 0.133 e. The quantitative estimate of drug-likeness (QED) is 0.779. The Morgan fingerprint density at radius 3 is 2.65 bits per heavy atom. The van der Waals surface area contributed by atoms with E-state index in [-0.39, 0.29) is 19.0 Å². The molecule has 1 N–H and O–H groups in total. The van der Waals surface area contributed by atoms with Crippen LogP contribution in [0.3, 0.4) is 0 Å². The van der Waals surface area contributed by atoms with Gasteiger partial charge in [0.1, 0.15) is 18.5 Å². The number of aliphatic hydroxyl groups excluding tert-OH is 1. The van der Waals surface area contributed by atoms with Gasteiger partial charge in [0.2, 0.25) is 0 Å². The number of hydrogen-bond donors (Lipinski definition) is 1. The van der Waals surface area contributed by atoms with E-state index in [1.165, 1.54) is 0 Å². The van der Waals surface area contributed by atoms with Crippen molar-refractivity contribution in [1.29, 1.82) is 0 Å². The van der Waals surface area contributed by atoms with Gasteiger partial charge in [-0.25, -0.2) is 0 Å². The van der Waals surface area contributed by atoms with E-state index >= 15 is 0 Å². The number of ether oxygens (including phenoxy) is 2. The van der Waals surface area contributed by atoms with Gasteiger partial charge in [0.05, 0.1) is 17.7 Å². The maximum atomic E-state index is 9.98. The fraction of sp³-hybridized carbons (Fsp3) is 0.538. The maximum absolute atomic E-state index is 9.98. The lowest BCUT2D eigenvalue weighted by atomic mass is 10.3. The van der Waals surface area contributed by atoms with Gasteiger partial charge in [-0.3, -0.25) is 4.90 Å². The predicted octanol–water partition coefficient (Wildman–Crippen LogP) is 2.71. The average molecular weight is 432 g/mol. The zero-order valence-corrected chi connectivity index (χ0v) is 14.9. The van der Waals surface area contributed by atoms with Crippen molar-refractivity contribution in [3.8, 4) is 5.75 Å². The van der Waals surface area contributed by atoms with Crippen LogP contribution in [0.5, 0.6) is 5.75 Å². The molecule has 7 heteroatoms. The second kappa shape index (κ2) is 9.23. The van der Waals surface area contributed by atoms with Gasteiger partial charge in [-0.2, -0.15) is 0 Å². The van der Waals surface area contributed by atoms with E-state index in [9.17, 15) is 5.11 Å². The zero-order chi connectivity index (χ0) is 13.7. The molecular formula is C13H18Br2ClNO3. The van der Waals surface area contributed by atoms with Crippen molar-refractivity contribution < 1.29 is 14.6 Å². The Morgan fingerprint density at radius 1 is 1.30 bits per heavy atom. The van der Waals surface area contributed by atoms with Crippen LogP contribution >= 0.6 is 44.3 Å². The third-order valence-corrected chi connectivity index (χ3v) is 4.01. The Labute approximate surface area is 142 Å². The van der Waals surface area contributed by atoms with Crippen LogP contribution < -0.4 is 4.74 Å². The number of nitrogens with zero attached hydrogens (tertiary/aromatic N) is 1. The van der Waals surface area contributed by atoms with Crippen LogP contribution in [0.1, 0.15) is 0 Å². The van der Waals surface area contributed by atoms with Gasteiger partial charge in [0, 0.05) is 24.1 Å². The third-order valence-electron chi connectivity index (χ3n) is 2.90. The first kappa shape index (κ1) is 18.2. The molecule has 1 aromatic carbocycles. The summed E-state index contributed by atoms with van der Waals surface area (Å²) in [6.07, 6.45) is -0.492. The molecule has 0 amide bonds. The molecule has 0 spiro atoms. The van der Waals surface area contributed by atoms with Crippen LogP contribution in [0.15, 0.2) is 27.1 Å². The lowest BCUT2D eigenvalue weighted by molar-refractivity contribution is 0.00459. The predicted molar refractivity (Wildman–Crippen MR) is 87.9 cm³/mol. The van der Waals surface area contributed by atoms with Crippen molar-refractivity contribution in [2.45, 2.75) is 6.10 Å². The van der Waals surface area contributed by atoms with Crippen LogP contribution in [0, 0.1) is 0 Å². The van der Waals surface area contributed by atoms with Crippen LogP contribution in [0.4, 0.5) is 0 Å². The van der Waals surface area contributed by atoms with E-state index in [1.807, 2.05) is 18.2 Å². The maximum Gasteiger partial charge on any atom is 0.133 e. The summed E-state index contributed by atoms with van der Waals surface area (Å²) in [7, 11) is 0. The van der Waals surface area contributed by atoms with Crippen molar-refractivity contribution in [3.05, 3.63) is 27.1 Å². The number of β-amino-alcohol motifs (C(OH)–C–C–N with tert-alkyl or cyclic N) is 1. The summed E-state index contributed by atoms with van der Waals surface area (Å²) in [5, 5.41) is 9.98. The number of morpholine rings is 1. The van der Waals surface area contributed by atoms with Crippen molar-refractivity contribution in [2.75, 3.05) is 39.5 Å². The Balaban J connectivity index is 0.00000200. The molecule has 20 heavy (non-hydrogen) atoms. The molecule has 1 saturated heterocycles. The Bertz CT molecular complexity index is 417. The molecule has 1 atom stereocenters. The van der Waals surface area contributed by atoms with Crippen LogP contribution in [0.25, 0.3) is 0 Å². The molecular weight excluding hydrogens is 413 g/mol. The summed E-state index contributed by atoms with van der Waals surface area (Å²) in [5.41, 5.74) is 0. The fourth-order valence-electron chi connectivity index (χ4n) is 1.91. The summed E-state index contributed by atoms with van der Waals surface area (Å²) < 4.78 is 12.8. The van der Waals surface area contributed by atoms with Crippen molar-refractivity contribution >= 4 is 44.3 Å². The fourth-order valence-corrected chi connectivity index (χ4v) is 3.07. The van der Waals surface area contributed by atoms with Crippen LogP contribution in [-0.2, 0) is 4.74 Å². The number of rotatable bonds is 5. The number of aliphatic hydroxyl groups is 1. The SMILES string of the molecule is Cl.OC(COc1ccc(Br)cc1Br)CN1CCOCC1. The highest BCUT2D eigenvalue weighted by Gasteiger charge is 2.15. The molecule has 1 fully saturated rings. The van der Waals surface area contributed by atoms with Crippen molar-refractivity contribution in [3.63, 3.8) is 0 Å². The second-order valence-electron chi connectivity index (χ2n) is 4.45. The van der Waals surface area contributed by atoms with E-state index in [4.69, 9.17) is 9.47 Å². The highest BCUT2D eigenvalue weighted by atomic mass is 79.9. The van der Waals surface area contributed by atoms with Gasteiger partial charge in [-0.1, -0.05) is 15.9 Å². The minimum Gasteiger partial charge on any atom is -0.490 e. The van der Waals surface area contributed by atoms with E-state index < -0.39 is 6.10 Å². The third kappa shape index (κ3) is 5.87. The molecule has 1 heterocycles. The van der Waals surface area contributed by atoms with Crippen molar-refractivity contribution in [2.24, 2.45) is 0 Å². The van der Waals surface area contributed by atoms with Crippen LogP contribution in [-0.4, -0.2) is 55.6 Å². The zero-order valence-electron chi connectivity index (χ0n) is 10.9. The molecule has 1 unspecified atom stereocenters. The molecule has 1 aliphatic rings. The van der Waals surface area contributed by atoms with Gasteiger partial charge in [0.15, 0.2) is 0 Å². The first-order valence-corrected chi connectivity index (χ1v) is 7.80. The van der Waals surface area contributed by atoms with E-state index in [2.05, 4.69) is 36.8 Å². The molecule has 0 aromatic heterocycles. The number of benzene rings is 1. The van der Waals surface area contributed by atoms with Crippen molar-refractivity contribution in [1.82, 2.24) is 4.90 Å². The summed E-state index contributed by atoms with van der Waals surface area (Å²) in [6, 6.07) is 5.70. The Kier molecular flexibility index (Phi) is 8.39. The first-order chi connectivity index (χ1) is 9.15. The highest BCUT2D eigenvalue weighted by molar-refractivity contribution is 9.11. The van der Waals surface area contributed by atoms with E-state index in [0.29, 0.717) is 6.54 Å². The largest absolute Gasteiger partial charge is 0.490 e. The van der Waals surface area contributed by atoms with E-state index in [0.717, 1.165) is 41.0 Å². The van der Waals surface area contributed by atoms with Gasteiger partial charge >= 0.3 is 0 Å². The molecule has 0 saturated carbocycles. The summed E-state index contributed by atoms with van der Waals surface area (Å²) in [5.74, 6) is 0.740. The lowest BCUT2D eigenvalue weighted by Gasteiger charge is -2.28. The molecule has 0 radical (unpaired) electrons. The molecule has 1 aliphatic heterocycles. The molecule has 114 valence electrons. The second-order valence-corrected chi connectivity index (χ2v) is 6.22. The molecule has 0 bridgehead atoms. The minimum absolute atomic E-state index is 0. The van der Waals surface area contributed by atoms with Gasteiger partial charge in [-0.05, 0) is 34.1 Å². The standard InChI is InChI=1S/C13H17Br2NO3.ClH/c14-10-1-2-13(12(15)7-10)19-9-11(17)8-16-3-5-18-6-4-16;/h1-2,7,11,17H,3-6,8-9H2;1H. The molecule has 0 aliphatic carbocycles. The van der Waals surface area contributed by atoms with Gasteiger partial charge in [0.25, 0.3) is 0 Å². The number of halogens is 3. The Morgan fingerprint density at radius 2 is 2.00 bits per heavy atom. The Hall–Kier alpha value is 0.150. The monoisotopic (exact) mass is 429 g/mol. The molecule has 1 aromatic rings. The van der Waals surface area contributed by atoms with Crippen LogP contribution in [0.2, 0.25) is 0 Å². The van der Waals surface area contributed by atoms with Gasteiger partial charge in [-0.15, -0.1) is 12.4 Å². The summed E-state index contributed by atoms with van der Waals surface area (Å²) >= 11 is 6.82. The normalized spacial score (nSPS) is 17.4. The average Bonchev–Trinajstić information content (AvgIpc) is 2.39.